The second-order valence-electron chi connectivity index (χ2n) is 8.58. The number of allylic oxidation sites excluding steroid dienone is 4. The summed E-state index contributed by atoms with van der Waals surface area (Å²) in [5, 5.41) is 12.2. The maximum atomic E-state index is 14.6. The standard InChI is InChI=1S/C28H29FN6/c1-19(13-20(16-31-2)21(15-30)17-33-22-10-12-35(3)18-22)25-14-27(24-7-4-5-9-26(24)29)34-28-23(25)8-6-11-32-28/h4-9,11,13-17,22,30,33H,1,10,12,18H2,2-3H3/b20-13+,21-17+,30-15?,31-16-. The molecule has 0 aliphatic carbocycles. The van der Waals surface area contributed by atoms with E-state index in [4.69, 9.17) is 5.41 Å². The highest BCUT2D eigenvalue weighted by Crippen LogP contribution is 2.30. The van der Waals surface area contributed by atoms with Gasteiger partial charge >= 0.3 is 0 Å². The Hall–Kier alpha value is -3.97. The first-order chi connectivity index (χ1) is 17.0. The minimum Gasteiger partial charge on any atom is -0.386 e. The lowest BCUT2D eigenvalue weighted by Crippen LogP contribution is -2.27. The van der Waals surface area contributed by atoms with Crippen LogP contribution in [0.15, 0.2) is 83.7 Å². The van der Waals surface area contributed by atoms with Crippen LogP contribution in [0.5, 0.6) is 0 Å². The second kappa shape index (κ2) is 11.0. The lowest BCUT2D eigenvalue weighted by atomic mass is 9.97. The molecular formula is C28H29FN6. The van der Waals surface area contributed by atoms with E-state index in [-0.39, 0.29) is 5.82 Å². The Morgan fingerprint density at radius 1 is 1.26 bits per heavy atom. The molecule has 1 aliphatic rings. The van der Waals surface area contributed by atoms with Crippen molar-refractivity contribution in [1.29, 1.82) is 5.41 Å². The molecule has 6 nitrogen and oxygen atoms in total. The van der Waals surface area contributed by atoms with Crippen molar-refractivity contribution in [3.63, 3.8) is 0 Å². The topological polar surface area (TPSA) is 77.3 Å². The lowest BCUT2D eigenvalue weighted by Gasteiger charge is -2.13. The highest BCUT2D eigenvalue weighted by Gasteiger charge is 2.18. The van der Waals surface area contributed by atoms with Gasteiger partial charge in [-0.15, -0.1) is 0 Å². The molecular weight excluding hydrogens is 439 g/mol. The number of likely N-dealkylation sites (N-methyl/N-ethyl adjacent to an activating group) is 1. The molecule has 1 fully saturated rings. The summed E-state index contributed by atoms with van der Waals surface area (Å²) in [5.74, 6) is -0.348. The maximum absolute atomic E-state index is 14.6. The number of fused-ring (bicyclic) bond motifs is 1. The highest BCUT2D eigenvalue weighted by molar-refractivity contribution is 6.02. The Morgan fingerprint density at radius 2 is 2.09 bits per heavy atom. The third kappa shape index (κ3) is 5.58. The summed E-state index contributed by atoms with van der Waals surface area (Å²) in [7, 11) is 3.80. The summed E-state index contributed by atoms with van der Waals surface area (Å²) in [6.07, 6.45) is 9.50. The molecule has 3 aromatic rings. The van der Waals surface area contributed by atoms with E-state index >= 15 is 0 Å². The minimum absolute atomic E-state index is 0.344. The first-order valence-corrected chi connectivity index (χ1v) is 11.5. The van der Waals surface area contributed by atoms with Crippen LogP contribution in [0.3, 0.4) is 0 Å². The van der Waals surface area contributed by atoms with Crippen LogP contribution in [0.2, 0.25) is 0 Å². The molecule has 0 spiro atoms. The van der Waals surface area contributed by atoms with Crippen LogP contribution in [0.4, 0.5) is 4.39 Å². The van der Waals surface area contributed by atoms with Crippen molar-refractivity contribution in [2.75, 3.05) is 27.2 Å². The van der Waals surface area contributed by atoms with Crippen molar-refractivity contribution in [3.8, 4) is 11.3 Å². The summed E-state index contributed by atoms with van der Waals surface area (Å²) in [4.78, 5) is 15.5. The molecule has 0 saturated carbocycles. The van der Waals surface area contributed by atoms with Gasteiger partial charge in [-0.3, -0.25) is 4.99 Å². The first-order valence-electron chi connectivity index (χ1n) is 11.5. The minimum atomic E-state index is -0.348. The van der Waals surface area contributed by atoms with E-state index in [0.717, 1.165) is 36.0 Å². The zero-order chi connectivity index (χ0) is 24.8. The number of nitrogens with zero attached hydrogens (tertiary/aromatic N) is 4. The van der Waals surface area contributed by atoms with Crippen LogP contribution in [0, 0.1) is 11.2 Å². The molecule has 0 bridgehead atoms. The molecule has 7 heteroatoms. The van der Waals surface area contributed by atoms with E-state index in [9.17, 15) is 4.39 Å². The number of aromatic nitrogens is 2. The second-order valence-corrected chi connectivity index (χ2v) is 8.58. The molecule has 1 saturated heterocycles. The Bertz CT molecular complexity index is 1340. The lowest BCUT2D eigenvalue weighted by molar-refractivity contribution is 0.405. The van der Waals surface area contributed by atoms with E-state index in [1.807, 2.05) is 30.5 Å². The number of pyridine rings is 2. The number of hydrogen-bond acceptors (Lipinski definition) is 6. The van der Waals surface area contributed by atoms with Crippen molar-refractivity contribution >= 4 is 29.0 Å². The highest BCUT2D eigenvalue weighted by atomic mass is 19.1. The van der Waals surface area contributed by atoms with Gasteiger partial charge in [0.2, 0.25) is 0 Å². The van der Waals surface area contributed by atoms with Gasteiger partial charge < -0.3 is 15.6 Å². The Kier molecular flexibility index (Phi) is 7.57. The smallest absolute Gasteiger partial charge is 0.160 e. The summed E-state index contributed by atoms with van der Waals surface area (Å²) in [6, 6.07) is 12.5. The summed E-state index contributed by atoms with van der Waals surface area (Å²) in [6.45, 7) is 6.31. The predicted molar refractivity (Wildman–Crippen MR) is 142 cm³/mol. The van der Waals surface area contributed by atoms with Crippen LogP contribution in [-0.2, 0) is 0 Å². The molecule has 35 heavy (non-hydrogen) atoms. The van der Waals surface area contributed by atoms with Crippen molar-refractivity contribution in [1.82, 2.24) is 20.2 Å². The van der Waals surface area contributed by atoms with Crippen molar-refractivity contribution in [2.24, 2.45) is 4.99 Å². The normalized spacial score (nSPS) is 17.3. The number of rotatable bonds is 8. The molecule has 2 aromatic heterocycles. The van der Waals surface area contributed by atoms with Gasteiger partial charge in [-0.25, -0.2) is 14.4 Å². The van der Waals surface area contributed by atoms with Gasteiger partial charge in [-0.2, -0.15) is 0 Å². The fourth-order valence-corrected chi connectivity index (χ4v) is 4.22. The molecule has 1 unspecified atom stereocenters. The van der Waals surface area contributed by atoms with Gasteiger partial charge in [0.25, 0.3) is 0 Å². The molecule has 3 heterocycles. The van der Waals surface area contributed by atoms with Gasteiger partial charge in [0.05, 0.1) is 5.69 Å². The van der Waals surface area contributed by atoms with Crippen molar-refractivity contribution < 1.29 is 4.39 Å². The van der Waals surface area contributed by atoms with Gasteiger partial charge in [-0.05, 0) is 67.6 Å². The van der Waals surface area contributed by atoms with Crippen LogP contribution < -0.4 is 5.32 Å². The SMILES string of the molecule is C=C(/C=C(\C=N/C)C(/C=N)=C/NC1CCN(C)C1)c1cc(-c2ccccc2F)nc2ncccc12. The number of aliphatic imine (C=N–C) groups is 1. The van der Waals surface area contributed by atoms with E-state index in [2.05, 4.69) is 38.8 Å². The van der Waals surface area contributed by atoms with Crippen LogP contribution >= 0.6 is 0 Å². The number of halogens is 1. The third-order valence-corrected chi connectivity index (χ3v) is 6.03. The van der Waals surface area contributed by atoms with Gasteiger partial charge in [0.1, 0.15) is 5.82 Å². The van der Waals surface area contributed by atoms with E-state index in [1.165, 1.54) is 12.3 Å². The summed E-state index contributed by atoms with van der Waals surface area (Å²) in [5.41, 5.74) is 4.31. The third-order valence-electron chi connectivity index (χ3n) is 6.03. The zero-order valence-corrected chi connectivity index (χ0v) is 20.0. The monoisotopic (exact) mass is 468 g/mol. The fourth-order valence-electron chi connectivity index (χ4n) is 4.22. The molecule has 1 aliphatic heterocycles. The number of likely N-dealkylation sites (tertiary alicyclic amines) is 1. The van der Waals surface area contributed by atoms with Crippen LogP contribution in [0.25, 0.3) is 27.9 Å². The fraction of sp³-hybridized carbons (Fsp3) is 0.214. The van der Waals surface area contributed by atoms with Gasteiger partial charge in [0.15, 0.2) is 5.65 Å². The number of nitrogens with one attached hydrogen (secondary N) is 2. The average Bonchev–Trinajstić information content (AvgIpc) is 3.29. The van der Waals surface area contributed by atoms with Crippen molar-refractivity contribution in [2.45, 2.75) is 12.5 Å². The van der Waals surface area contributed by atoms with Crippen molar-refractivity contribution in [3.05, 3.63) is 90.0 Å². The Labute approximate surface area is 205 Å². The van der Waals surface area contributed by atoms with Gasteiger partial charge in [-0.1, -0.05) is 18.7 Å². The van der Waals surface area contributed by atoms with E-state index in [1.54, 1.807) is 37.7 Å². The predicted octanol–water partition coefficient (Wildman–Crippen LogP) is 4.90. The quantitative estimate of drug-likeness (QED) is 0.364. The zero-order valence-electron chi connectivity index (χ0n) is 20.0. The molecule has 0 amide bonds. The van der Waals surface area contributed by atoms with E-state index < -0.39 is 0 Å². The molecule has 1 atom stereocenters. The van der Waals surface area contributed by atoms with Crippen LogP contribution in [0.1, 0.15) is 12.0 Å². The maximum Gasteiger partial charge on any atom is 0.160 e. The van der Waals surface area contributed by atoms with E-state index in [0.29, 0.717) is 34.1 Å². The summed E-state index contributed by atoms with van der Waals surface area (Å²) < 4.78 is 14.6. The molecule has 4 rings (SSSR count). The largest absolute Gasteiger partial charge is 0.386 e. The molecule has 178 valence electrons. The first kappa shape index (κ1) is 24.2. The Morgan fingerprint density at radius 3 is 2.80 bits per heavy atom. The molecule has 0 radical (unpaired) electrons. The van der Waals surface area contributed by atoms with Gasteiger partial charge in [0, 0.05) is 66.6 Å². The summed E-state index contributed by atoms with van der Waals surface area (Å²) >= 11 is 0. The van der Waals surface area contributed by atoms with Crippen LogP contribution in [-0.4, -0.2) is 60.5 Å². The Balaban J connectivity index is 1.75. The molecule has 2 N–H and O–H groups in total. The number of hydrogen-bond donors (Lipinski definition) is 2. The number of benzene rings is 1. The average molecular weight is 469 g/mol. The molecule has 1 aromatic carbocycles.